The minimum Gasteiger partial charge on any atom is -0.423 e. The number of anilines is 1. The summed E-state index contributed by atoms with van der Waals surface area (Å²) in [6, 6.07) is 10.6. The lowest BCUT2D eigenvalue weighted by molar-refractivity contribution is 0.583. The number of hydrogen-bond donors (Lipinski definition) is 0. The molecular weight excluding hydrogens is 244 g/mol. The lowest BCUT2D eigenvalue weighted by atomic mass is 10.3. The molecule has 0 saturated heterocycles. The first-order valence-electron chi connectivity index (χ1n) is 5.84. The molecule has 3 rings (SSSR count). The van der Waals surface area contributed by atoms with Crippen molar-refractivity contribution in [3.63, 3.8) is 0 Å². The highest BCUT2D eigenvalue weighted by Crippen LogP contribution is 2.24. The Morgan fingerprint density at radius 2 is 2.11 bits per heavy atom. The highest BCUT2D eigenvalue weighted by atomic mass is 32.1. The molecule has 3 aromatic rings. The van der Waals surface area contributed by atoms with E-state index in [9.17, 15) is 0 Å². The number of aromatic nitrogens is 1. The highest BCUT2D eigenvalue weighted by Gasteiger charge is 2.11. The van der Waals surface area contributed by atoms with Gasteiger partial charge in [0.1, 0.15) is 5.52 Å². The third kappa shape index (κ3) is 1.99. The second kappa shape index (κ2) is 4.46. The predicted molar refractivity (Wildman–Crippen MR) is 75.2 cm³/mol. The molecule has 0 aliphatic carbocycles. The summed E-state index contributed by atoms with van der Waals surface area (Å²) in [6.07, 6.45) is 0. The quantitative estimate of drug-likeness (QED) is 0.715. The van der Waals surface area contributed by atoms with Crippen LogP contribution in [0.3, 0.4) is 0 Å². The standard InChI is InChI=1S/C14H14N2OS/c1-10-7-8-18-13(10)9-16(2)14-15-11-5-3-4-6-12(11)17-14/h3-8H,9H2,1-2H3. The van der Waals surface area contributed by atoms with E-state index in [1.807, 2.05) is 36.2 Å². The van der Waals surface area contributed by atoms with Crippen molar-refractivity contribution in [1.29, 1.82) is 0 Å². The maximum Gasteiger partial charge on any atom is 0.298 e. The van der Waals surface area contributed by atoms with Crippen LogP contribution in [0, 0.1) is 6.92 Å². The van der Waals surface area contributed by atoms with Crippen LogP contribution in [0.2, 0.25) is 0 Å². The molecule has 0 N–H and O–H groups in total. The summed E-state index contributed by atoms with van der Waals surface area (Å²) in [6.45, 7) is 2.96. The van der Waals surface area contributed by atoms with E-state index in [1.165, 1.54) is 10.4 Å². The monoisotopic (exact) mass is 258 g/mol. The van der Waals surface area contributed by atoms with E-state index < -0.39 is 0 Å². The number of aryl methyl sites for hydroxylation is 1. The van der Waals surface area contributed by atoms with Crippen LogP contribution in [0.1, 0.15) is 10.4 Å². The van der Waals surface area contributed by atoms with Crippen LogP contribution in [0.4, 0.5) is 6.01 Å². The van der Waals surface area contributed by atoms with Crippen LogP contribution in [-0.2, 0) is 6.54 Å². The van der Waals surface area contributed by atoms with E-state index in [4.69, 9.17) is 4.42 Å². The fourth-order valence-electron chi connectivity index (χ4n) is 1.87. The van der Waals surface area contributed by atoms with E-state index >= 15 is 0 Å². The summed E-state index contributed by atoms with van der Waals surface area (Å²) >= 11 is 1.77. The zero-order chi connectivity index (χ0) is 12.5. The number of fused-ring (bicyclic) bond motifs is 1. The molecule has 4 heteroatoms. The average molecular weight is 258 g/mol. The zero-order valence-corrected chi connectivity index (χ0v) is 11.2. The van der Waals surface area contributed by atoms with Crippen LogP contribution >= 0.6 is 11.3 Å². The van der Waals surface area contributed by atoms with Gasteiger partial charge in [0.15, 0.2) is 5.58 Å². The fraction of sp³-hybridized carbons (Fsp3) is 0.214. The third-order valence-electron chi connectivity index (χ3n) is 2.96. The van der Waals surface area contributed by atoms with E-state index in [0.29, 0.717) is 6.01 Å². The molecular formula is C14H14N2OS. The van der Waals surface area contributed by atoms with Gasteiger partial charge in [-0.05, 0) is 36.1 Å². The topological polar surface area (TPSA) is 29.3 Å². The first kappa shape index (κ1) is 11.3. The van der Waals surface area contributed by atoms with Crippen LogP contribution in [0.15, 0.2) is 40.1 Å². The number of hydrogen-bond acceptors (Lipinski definition) is 4. The largest absolute Gasteiger partial charge is 0.423 e. The van der Waals surface area contributed by atoms with Gasteiger partial charge >= 0.3 is 0 Å². The predicted octanol–water partition coefficient (Wildman–Crippen LogP) is 3.83. The Labute approximate surface area is 110 Å². The summed E-state index contributed by atoms with van der Waals surface area (Å²) in [5, 5.41) is 2.12. The molecule has 0 fully saturated rings. The van der Waals surface area contributed by atoms with E-state index in [1.54, 1.807) is 11.3 Å². The number of benzene rings is 1. The Bertz CT molecular complexity index is 638. The molecule has 1 aromatic carbocycles. The van der Waals surface area contributed by atoms with Crippen molar-refractivity contribution in [3.8, 4) is 0 Å². The van der Waals surface area contributed by atoms with Crippen molar-refractivity contribution in [2.24, 2.45) is 0 Å². The van der Waals surface area contributed by atoms with Gasteiger partial charge in [-0.1, -0.05) is 12.1 Å². The average Bonchev–Trinajstić information content (AvgIpc) is 2.96. The van der Waals surface area contributed by atoms with Gasteiger partial charge in [0, 0.05) is 11.9 Å². The maximum absolute atomic E-state index is 5.74. The number of para-hydroxylation sites is 2. The molecule has 0 saturated carbocycles. The molecule has 0 aliphatic heterocycles. The SMILES string of the molecule is Cc1ccsc1CN(C)c1nc2ccccc2o1. The van der Waals surface area contributed by atoms with Gasteiger partial charge in [0.2, 0.25) is 0 Å². The van der Waals surface area contributed by atoms with Gasteiger partial charge in [-0.3, -0.25) is 0 Å². The minimum atomic E-state index is 0.670. The van der Waals surface area contributed by atoms with Crippen molar-refractivity contribution in [2.75, 3.05) is 11.9 Å². The first-order chi connectivity index (χ1) is 8.74. The minimum absolute atomic E-state index is 0.670. The van der Waals surface area contributed by atoms with Crippen molar-refractivity contribution in [3.05, 3.63) is 46.2 Å². The fourth-order valence-corrected chi connectivity index (χ4v) is 2.83. The second-order valence-electron chi connectivity index (χ2n) is 4.35. The summed E-state index contributed by atoms with van der Waals surface area (Å²) in [5.74, 6) is 0. The van der Waals surface area contributed by atoms with Crippen molar-refractivity contribution < 1.29 is 4.42 Å². The Kier molecular flexibility index (Phi) is 2.80. The van der Waals surface area contributed by atoms with Crippen molar-refractivity contribution >= 4 is 28.5 Å². The Morgan fingerprint density at radius 1 is 1.28 bits per heavy atom. The van der Waals surface area contributed by atoms with Gasteiger partial charge in [0.05, 0.1) is 6.54 Å². The van der Waals surface area contributed by atoms with Gasteiger partial charge in [-0.15, -0.1) is 11.3 Å². The lowest BCUT2D eigenvalue weighted by Gasteiger charge is -2.13. The number of nitrogens with zero attached hydrogens (tertiary/aromatic N) is 2. The molecule has 2 heterocycles. The third-order valence-corrected chi connectivity index (χ3v) is 3.97. The van der Waals surface area contributed by atoms with E-state index in [0.717, 1.165) is 17.6 Å². The van der Waals surface area contributed by atoms with Gasteiger partial charge in [-0.2, -0.15) is 4.98 Å². The zero-order valence-electron chi connectivity index (χ0n) is 10.4. The molecule has 0 bridgehead atoms. The summed E-state index contributed by atoms with van der Waals surface area (Å²) in [7, 11) is 2.00. The van der Waals surface area contributed by atoms with Crippen LogP contribution in [-0.4, -0.2) is 12.0 Å². The molecule has 2 aromatic heterocycles. The summed E-state index contributed by atoms with van der Waals surface area (Å²) in [5.41, 5.74) is 3.06. The molecule has 18 heavy (non-hydrogen) atoms. The normalized spacial score (nSPS) is 11.0. The van der Waals surface area contributed by atoms with Gasteiger partial charge in [-0.25, -0.2) is 0 Å². The number of thiophene rings is 1. The van der Waals surface area contributed by atoms with Crippen molar-refractivity contribution in [2.45, 2.75) is 13.5 Å². The lowest BCUT2D eigenvalue weighted by Crippen LogP contribution is -2.16. The Morgan fingerprint density at radius 3 is 2.83 bits per heavy atom. The molecule has 3 nitrogen and oxygen atoms in total. The molecule has 0 atom stereocenters. The van der Waals surface area contributed by atoms with Crippen LogP contribution < -0.4 is 4.90 Å². The summed E-state index contributed by atoms with van der Waals surface area (Å²) < 4.78 is 5.74. The second-order valence-corrected chi connectivity index (χ2v) is 5.35. The maximum atomic E-state index is 5.74. The van der Waals surface area contributed by atoms with Gasteiger partial charge in [0.25, 0.3) is 6.01 Å². The van der Waals surface area contributed by atoms with Gasteiger partial charge < -0.3 is 9.32 Å². The number of oxazole rings is 1. The molecule has 0 unspecified atom stereocenters. The van der Waals surface area contributed by atoms with Crippen LogP contribution in [0.5, 0.6) is 0 Å². The first-order valence-corrected chi connectivity index (χ1v) is 6.71. The highest BCUT2D eigenvalue weighted by molar-refractivity contribution is 7.10. The molecule has 0 aliphatic rings. The smallest absolute Gasteiger partial charge is 0.298 e. The van der Waals surface area contributed by atoms with E-state index in [2.05, 4.69) is 23.4 Å². The molecule has 0 spiro atoms. The number of rotatable bonds is 3. The molecule has 0 radical (unpaired) electrons. The van der Waals surface area contributed by atoms with E-state index in [-0.39, 0.29) is 0 Å². The molecule has 92 valence electrons. The summed E-state index contributed by atoms with van der Waals surface area (Å²) in [4.78, 5) is 7.87. The van der Waals surface area contributed by atoms with Crippen molar-refractivity contribution in [1.82, 2.24) is 4.98 Å². The molecule has 0 amide bonds. The Hall–Kier alpha value is -1.81. The Balaban J connectivity index is 1.88. The van der Waals surface area contributed by atoms with Crippen LogP contribution in [0.25, 0.3) is 11.1 Å².